The van der Waals surface area contributed by atoms with Gasteiger partial charge >= 0.3 is 6.18 Å². The van der Waals surface area contributed by atoms with Crippen LogP contribution < -0.4 is 10.6 Å². The summed E-state index contributed by atoms with van der Waals surface area (Å²) in [5.41, 5.74) is 1.85. The summed E-state index contributed by atoms with van der Waals surface area (Å²) in [4.78, 5) is 26.2. The molecule has 2 aromatic rings. The molecule has 1 unspecified atom stereocenters. The summed E-state index contributed by atoms with van der Waals surface area (Å²) in [5.74, 6) is -1.28. The first-order chi connectivity index (χ1) is 15.2. The number of anilines is 1. The average molecular weight is 461 g/mol. The summed E-state index contributed by atoms with van der Waals surface area (Å²) < 4.78 is 39.4. The van der Waals surface area contributed by atoms with Gasteiger partial charge in [-0.25, -0.2) is 0 Å². The third-order valence-corrected chi connectivity index (χ3v) is 6.02. The number of halogens is 4. The van der Waals surface area contributed by atoms with Crippen molar-refractivity contribution >= 4 is 29.0 Å². The summed E-state index contributed by atoms with van der Waals surface area (Å²) in [7, 11) is 0. The number of nitrogens with one attached hydrogen (secondary N) is 2. The molecule has 4 rings (SSSR count). The first-order valence-electron chi connectivity index (χ1n) is 10.1. The number of carbonyl (C=O) groups is 2. The quantitative estimate of drug-likeness (QED) is 0.593. The first-order valence-corrected chi connectivity index (χ1v) is 10.5. The van der Waals surface area contributed by atoms with Gasteiger partial charge < -0.3 is 10.6 Å². The first kappa shape index (κ1) is 22.1. The molecule has 166 valence electrons. The number of allylic oxidation sites excluding steroid dienone is 3. The highest BCUT2D eigenvalue weighted by atomic mass is 35.5. The van der Waals surface area contributed by atoms with E-state index in [-0.39, 0.29) is 22.1 Å². The van der Waals surface area contributed by atoms with Gasteiger partial charge in [0.1, 0.15) is 0 Å². The van der Waals surface area contributed by atoms with Crippen LogP contribution in [0.3, 0.4) is 0 Å². The maximum absolute atomic E-state index is 13.4. The third kappa shape index (κ3) is 4.17. The average Bonchev–Trinajstić information content (AvgIpc) is 2.74. The van der Waals surface area contributed by atoms with E-state index in [0.29, 0.717) is 24.1 Å². The van der Waals surface area contributed by atoms with Gasteiger partial charge in [0.15, 0.2) is 5.78 Å². The normalized spacial score (nSPS) is 18.9. The molecular formula is C24H20ClF3N2O2. The Balaban J connectivity index is 1.76. The van der Waals surface area contributed by atoms with E-state index in [0.717, 1.165) is 35.9 Å². The van der Waals surface area contributed by atoms with Gasteiger partial charge in [0.25, 0.3) is 5.91 Å². The van der Waals surface area contributed by atoms with E-state index in [1.165, 1.54) is 0 Å². The van der Waals surface area contributed by atoms with E-state index >= 15 is 0 Å². The van der Waals surface area contributed by atoms with Crippen molar-refractivity contribution in [3.63, 3.8) is 0 Å². The summed E-state index contributed by atoms with van der Waals surface area (Å²) in [6.45, 7) is 1.72. The number of Topliss-reactive ketones (excluding diaryl/α,β-unsaturated/α-hetero) is 1. The second-order valence-corrected chi connectivity index (χ2v) is 8.23. The van der Waals surface area contributed by atoms with Gasteiger partial charge in [0.05, 0.1) is 16.3 Å². The van der Waals surface area contributed by atoms with E-state index < -0.39 is 23.6 Å². The Morgan fingerprint density at radius 1 is 1.12 bits per heavy atom. The van der Waals surface area contributed by atoms with Crippen molar-refractivity contribution in [3.8, 4) is 0 Å². The molecule has 1 aliphatic heterocycles. The predicted octanol–water partition coefficient (Wildman–Crippen LogP) is 5.97. The summed E-state index contributed by atoms with van der Waals surface area (Å²) in [5, 5.41) is 5.69. The van der Waals surface area contributed by atoms with E-state index in [1.54, 1.807) is 6.92 Å². The largest absolute Gasteiger partial charge is 0.416 e. The van der Waals surface area contributed by atoms with Crippen LogP contribution in [0.5, 0.6) is 0 Å². The van der Waals surface area contributed by atoms with E-state index in [1.807, 2.05) is 30.3 Å². The molecule has 0 fully saturated rings. The molecule has 2 aliphatic rings. The van der Waals surface area contributed by atoms with E-state index in [9.17, 15) is 22.8 Å². The Labute approximate surface area is 188 Å². The highest BCUT2D eigenvalue weighted by molar-refractivity contribution is 6.34. The number of dihydropyridines is 1. The maximum Gasteiger partial charge on any atom is 0.416 e. The molecular weight excluding hydrogens is 441 g/mol. The van der Waals surface area contributed by atoms with Crippen LogP contribution in [0.1, 0.15) is 43.2 Å². The molecule has 0 aromatic heterocycles. The van der Waals surface area contributed by atoms with Gasteiger partial charge in [-0.15, -0.1) is 0 Å². The third-order valence-electron chi connectivity index (χ3n) is 5.70. The summed E-state index contributed by atoms with van der Waals surface area (Å²) >= 11 is 6.08. The molecule has 1 amide bonds. The van der Waals surface area contributed by atoms with Crippen molar-refractivity contribution in [2.75, 3.05) is 5.32 Å². The van der Waals surface area contributed by atoms with Gasteiger partial charge in [-0.1, -0.05) is 41.9 Å². The Bertz CT molecular complexity index is 1150. The lowest BCUT2D eigenvalue weighted by atomic mass is 9.75. The van der Waals surface area contributed by atoms with Crippen molar-refractivity contribution in [1.82, 2.24) is 5.32 Å². The van der Waals surface area contributed by atoms with Crippen LogP contribution in [0.25, 0.3) is 0 Å². The Morgan fingerprint density at radius 3 is 2.53 bits per heavy atom. The van der Waals surface area contributed by atoms with E-state index in [2.05, 4.69) is 10.6 Å². The standard InChI is InChI=1S/C24H20ClF3N2O2/c1-13-20(23(32)30-18-12-15(24(26,27)28)10-11-16(18)25)21(14-6-3-2-4-7-14)22-17(29-13)8-5-9-19(22)31/h2-4,6-7,10-12,21,29H,5,8-9H2,1H3,(H,30,32). The fourth-order valence-corrected chi connectivity index (χ4v) is 4.41. The van der Waals surface area contributed by atoms with Crippen LogP contribution >= 0.6 is 11.6 Å². The van der Waals surface area contributed by atoms with Crippen LogP contribution in [0.4, 0.5) is 18.9 Å². The molecule has 0 saturated heterocycles. The van der Waals surface area contributed by atoms with Crippen molar-refractivity contribution < 1.29 is 22.8 Å². The lowest BCUT2D eigenvalue weighted by molar-refractivity contribution is -0.137. The number of benzene rings is 2. The topological polar surface area (TPSA) is 58.2 Å². The Kier molecular flexibility index (Phi) is 5.86. The molecule has 1 atom stereocenters. The molecule has 32 heavy (non-hydrogen) atoms. The molecule has 0 spiro atoms. The molecule has 0 bridgehead atoms. The van der Waals surface area contributed by atoms with Gasteiger partial charge in [-0.05, 0) is 43.5 Å². The van der Waals surface area contributed by atoms with Crippen molar-refractivity contribution in [3.05, 3.63) is 87.2 Å². The minimum atomic E-state index is -4.58. The molecule has 0 radical (unpaired) electrons. The molecule has 1 heterocycles. The molecule has 1 aliphatic carbocycles. The molecule has 2 N–H and O–H groups in total. The Morgan fingerprint density at radius 2 is 1.84 bits per heavy atom. The number of hydrogen-bond acceptors (Lipinski definition) is 3. The fraction of sp³-hybridized carbons (Fsp3) is 0.250. The minimum Gasteiger partial charge on any atom is -0.362 e. The van der Waals surface area contributed by atoms with Crippen molar-refractivity contribution in [2.45, 2.75) is 38.3 Å². The highest BCUT2D eigenvalue weighted by Gasteiger charge is 2.38. The number of carbonyl (C=O) groups excluding carboxylic acids is 2. The molecule has 0 saturated carbocycles. The second-order valence-electron chi connectivity index (χ2n) is 7.82. The summed E-state index contributed by atoms with van der Waals surface area (Å²) in [6, 6.07) is 11.9. The van der Waals surface area contributed by atoms with Gasteiger partial charge in [-0.2, -0.15) is 13.2 Å². The molecule has 8 heteroatoms. The van der Waals surface area contributed by atoms with Gasteiger partial charge in [0.2, 0.25) is 0 Å². The molecule has 2 aromatic carbocycles. The zero-order valence-corrected chi connectivity index (χ0v) is 17.9. The van der Waals surface area contributed by atoms with Crippen molar-refractivity contribution in [1.29, 1.82) is 0 Å². The SMILES string of the molecule is CC1=C(C(=O)Nc2cc(C(F)(F)F)ccc2Cl)C(c2ccccc2)C2=C(CCCC2=O)N1. The maximum atomic E-state index is 13.4. The van der Waals surface area contributed by atoms with Crippen LogP contribution in [-0.4, -0.2) is 11.7 Å². The highest BCUT2D eigenvalue weighted by Crippen LogP contribution is 2.43. The fourth-order valence-electron chi connectivity index (χ4n) is 4.25. The van der Waals surface area contributed by atoms with Crippen LogP contribution in [0, 0.1) is 0 Å². The number of alkyl halides is 3. The number of ketones is 1. The van der Waals surface area contributed by atoms with Crippen LogP contribution in [-0.2, 0) is 15.8 Å². The van der Waals surface area contributed by atoms with Gasteiger partial charge in [0, 0.05) is 34.9 Å². The lowest BCUT2D eigenvalue weighted by Crippen LogP contribution is -2.35. The zero-order valence-electron chi connectivity index (χ0n) is 17.1. The number of hydrogen-bond donors (Lipinski definition) is 2. The predicted molar refractivity (Wildman–Crippen MR) is 116 cm³/mol. The minimum absolute atomic E-state index is 0.0155. The van der Waals surface area contributed by atoms with Crippen LogP contribution in [0.2, 0.25) is 5.02 Å². The smallest absolute Gasteiger partial charge is 0.362 e. The number of amides is 1. The Hall–Kier alpha value is -3.06. The monoisotopic (exact) mass is 460 g/mol. The molecule has 4 nitrogen and oxygen atoms in total. The second kappa shape index (κ2) is 8.47. The summed E-state index contributed by atoms with van der Waals surface area (Å²) in [6.07, 6.45) is -2.78. The van der Waals surface area contributed by atoms with Crippen molar-refractivity contribution in [2.24, 2.45) is 0 Å². The zero-order chi connectivity index (χ0) is 23.0. The lowest BCUT2D eigenvalue weighted by Gasteiger charge is -2.34. The van der Waals surface area contributed by atoms with E-state index in [4.69, 9.17) is 11.6 Å². The number of rotatable bonds is 3. The van der Waals surface area contributed by atoms with Crippen LogP contribution in [0.15, 0.2) is 71.1 Å². The van der Waals surface area contributed by atoms with Gasteiger partial charge in [-0.3, -0.25) is 9.59 Å².